The molecule has 1 rings (SSSR count). The zero-order valence-electron chi connectivity index (χ0n) is 11.6. The van der Waals surface area contributed by atoms with Gasteiger partial charge >= 0.3 is 0 Å². The zero-order valence-corrected chi connectivity index (χ0v) is 12.4. The Morgan fingerprint density at radius 3 is 2.32 bits per heavy atom. The van der Waals surface area contributed by atoms with Crippen molar-refractivity contribution in [3.05, 3.63) is 29.8 Å². The minimum atomic E-state index is -3.46. The SMILES string of the molecule is CC(CNS(=O)(=O)c1ccc(CCO)cc1)N(C)C. The summed E-state index contributed by atoms with van der Waals surface area (Å²) < 4.78 is 26.7. The molecule has 0 heterocycles. The van der Waals surface area contributed by atoms with Gasteiger partial charge < -0.3 is 10.0 Å². The Morgan fingerprint density at radius 1 is 1.26 bits per heavy atom. The van der Waals surface area contributed by atoms with Crippen molar-refractivity contribution in [3.63, 3.8) is 0 Å². The molecule has 108 valence electrons. The van der Waals surface area contributed by atoms with Gasteiger partial charge in [0, 0.05) is 19.2 Å². The Morgan fingerprint density at radius 2 is 1.84 bits per heavy atom. The highest BCUT2D eigenvalue weighted by atomic mass is 32.2. The van der Waals surface area contributed by atoms with E-state index in [0.29, 0.717) is 13.0 Å². The topological polar surface area (TPSA) is 69.6 Å². The summed E-state index contributed by atoms with van der Waals surface area (Å²) in [5.41, 5.74) is 0.920. The second-order valence-electron chi connectivity index (χ2n) is 4.78. The summed E-state index contributed by atoms with van der Waals surface area (Å²) in [5, 5.41) is 8.81. The highest BCUT2D eigenvalue weighted by molar-refractivity contribution is 7.89. The average molecular weight is 286 g/mol. The lowest BCUT2D eigenvalue weighted by Gasteiger charge is -2.20. The molecular formula is C13H22N2O3S. The molecule has 0 spiro atoms. The van der Waals surface area contributed by atoms with Gasteiger partial charge in [0.15, 0.2) is 0 Å². The Kier molecular flexibility index (Phi) is 5.93. The molecule has 0 bridgehead atoms. The standard InChI is InChI=1S/C13H22N2O3S/c1-11(15(2)3)10-14-19(17,18)13-6-4-12(5-7-13)8-9-16/h4-7,11,14,16H,8-10H2,1-3H3. The maximum absolute atomic E-state index is 12.0. The van der Waals surface area contributed by atoms with E-state index < -0.39 is 10.0 Å². The third-order valence-corrected chi connectivity index (χ3v) is 4.52. The van der Waals surface area contributed by atoms with Gasteiger partial charge in [-0.2, -0.15) is 0 Å². The summed E-state index contributed by atoms with van der Waals surface area (Å²) in [6.45, 7) is 2.38. The molecule has 1 aromatic rings. The van der Waals surface area contributed by atoms with Gasteiger partial charge in [-0.15, -0.1) is 0 Å². The van der Waals surface area contributed by atoms with Crippen LogP contribution in [0.25, 0.3) is 0 Å². The van der Waals surface area contributed by atoms with Gasteiger partial charge in [0.25, 0.3) is 0 Å². The van der Waals surface area contributed by atoms with Crippen LogP contribution < -0.4 is 4.72 Å². The fourth-order valence-electron chi connectivity index (χ4n) is 1.46. The Balaban J connectivity index is 2.71. The molecule has 0 aliphatic heterocycles. The lowest BCUT2D eigenvalue weighted by Crippen LogP contribution is -2.38. The fraction of sp³-hybridized carbons (Fsp3) is 0.538. The van der Waals surface area contributed by atoms with Crippen molar-refractivity contribution in [2.75, 3.05) is 27.2 Å². The van der Waals surface area contributed by atoms with Crippen LogP contribution in [0.1, 0.15) is 12.5 Å². The number of likely N-dealkylation sites (N-methyl/N-ethyl adjacent to an activating group) is 1. The Labute approximate surface area is 115 Å². The molecule has 1 aromatic carbocycles. The molecule has 0 aliphatic carbocycles. The van der Waals surface area contributed by atoms with E-state index in [-0.39, 0.29) is 17.5 Å². The predicted molar refractivity (Wildman–Crippen MR) is 75.6 cm³/mol. The van der Waals surface area contributed by atoms with E-state index in [1.165, 1.54) is 0 Å². The number of hydrogen-bond donors (Lipinski definition) is 2. The van der Waals surface area contributed by atoms with Crippen LogP contribution in [0.5, 0.6) is 0 Å². The third-order valence-electron chi connectivity index (χ3n) is 3.08. The molecule has 1 unspecified atom stereocenters. The number of aliphatic hydroxyl groups is 1. The van der Waals surface area contributed by atoms with E-state index >= 15 is 0 Å². The molecule has 6 heteroatoms. The minimum absolute atomic E-state index is 0.0602. The van der Waals surface area contributed by atoms with Gasteiger partial charge in [-0.25, -0.2) is 13.1 Å². The summed E-state index contributed by atoms with van der Waals surface area (Å²) in [6.07, 6.45) is 0.533. The largest absolute Gasteiger partial charge is 0.396 e. The van der Waals surface area contributed by atoms with Crippen LogP contribution >= 0.6 is 0 Å². The normalized spacial score (nSPS) is 13.7. The number of hydrogen-bond acceptors (Lipinski definition) is 4. The van der Waals surface area contributed by atoms with Crippen LogP contribution in [-0.4, -0.2) is 51.7 Å². The highest BCUT2D eigenvalue weighted by Crippen LogP contribution is 2.11. The summed E-state index contributed by atoms with van der Waals surface area (Å²) in [5.74, 6) is 0. The van der Waals surface area contributed by atoms with Crippen molar-refractivity contribution in [2.24, 2.45) is 0 Å². The van der Waals surface area contributed by atoms with Crippen molar-refractivity contribution in [1.82, 2.24) is 9.62 Å². The van der Waals surface area contributed by atoms with Gasteiger partial charge in [0.2, 0.25) is 10.0 Å². The number of sulfonamides is 1. The summed E-state index contributed by atoms with van der Waals surface area (Å²) >= 11 is 0. The van der Waals surface area contributed by atoms with Gasteiger partial charge in [-0.3, -0.25) is 0 Å². The van der Waals surface area contributed by atoms with Crippen molar-refractivity contribution < 1.29 is 13.5 Å². The maximum atomic E-state index is 12.0. The second kappa shape index (κ2) is 7.00. The molecular weight excluding hydrogens is 264 g/mol. The first kappa shape index (κ1) is 16.1. The number of nitrogens with zero attached hydrogens (tertiary/aromatic N) is 1. The van der Waals surface area contributed by atoms with Crippen LogP contribution in [-0.2, 0) is 16.4 Å². The first-order chi connectivity index (χ1) is 8.86. The second-order valence-corrected chi connectivity index (χ2v) is 6.55. The molecule has 0 fully saturated rings. The van der Waals surface area contributed by atoms with E-state index in [9.17, 15) is 8.42 Å². The molecule has 0 aliphatic rings. The van der Waals surface area contributed by atoms with Gasteiger partial charge in [0.05, 0.1) is 4.90 Å². The fourth-order valence-corrected chi connectivity index (χ4v) is 2.58. The van der Waals surface area contributed by atoms with Crippen LogP contribution in [0, 0.1) is 0 Å². The van der Waals surface area contributed by atoms with Crippen LogP contribution in [0.2, 0.25) is 0 Å². The summed E-state index contributed by atoms with van der Waals surface area (Å²) in [6, 6.07) is 6.70. The van der Waals surface area contributed by atoms with E-state index in [1.54, 1.807) is 24.3 Å². The maximum Gasteiger partial charge on any atom is 0.240 e. The van der Waals surface area contributed by atoms with Crippen LogP contribution in [0.15, 0.2) is 29.2 Å². The third kappa shape index (κ3) is 4.91. The van der Waals surface area contributed by atoms with Crippen molar-refractivity contribution in [1.29, 1.82) is 0 Å². The van der Waals surface area contributed by atoms with Gasteiger partial charge in [-0.1, -0.05) is 12.1 Å². The highest BCUT2D eigenvalue weighted by Gasteiger charge is 2.15. The predicted octanol–water partition coefficient (Wildman–Crippen LogP) is 0.450. The van der Waals surface area contributed by atoms with E-state index in [1.807, 2.05) is 25.9 Å². The molecule has 2 N–H and O–H groups in total. The molecule has 0 amide bonds. The lowest BCUT2D eigenvalue weighted by atomic mass is 10.2. The van der Waals surface area contributed by atoms with Crippen LogP contribution in [0.3, 0.4) is 0 Å². The van der Waals surface area contributed by atoms with E-state index in [4.69, 9.17) is 5.11 Å². The monoisotopic (exact) mass is 286 g/mol. The van der Waals surface area contributed by atoms with E-state index in [0.717, 1.165) is 5.56 Å². The van der Waals surface area contributed by atoms with Crippen LogP contribution in [0.4, 0.5) is 0 Å². The number of nitrogens with one attached hydrogen (secondary N) is 1. The molecule has 0 aromatic heterocycles. The molecule has 1 atom stereocenters. The van der Waals surface area contributed by atoms with Gasteiger partial charge in [0.1, 0.15) is 0 Å². The summed E-state index contributed by atoms with van der Waals surface area (Å²) in [4.78, 5) is 2.20. The Bertz CT molecular complexity index is 483. The van der Waals surface area contributed by atoms with Crippen molar-refractivity contribution in [2.45, 2.75) is 24.3 Å². The smallest absolute Gasteiger partial charge is 0.240 e. The zero-order chi connectivity index (χ0) is 14.5. The lowest BCUT2D eigenvalue weighted by molar-refractivity contribution is 0.299. The van der Waals surface area contributed by atoms with E-state index in [2.05, 4.69) is 4.72 Å². The number of rotatable bonds is 7. The van der Waals surface area contributed by atoms with Gasteiger partial charge in [-0.05, 0) is 45.1 Å². The molecule has 0 radical (unpaired) electrons. The molecule has 19 heavy (non-hydrogen) atoms. The number of aliphatic hydroxyl groups excluding tert-OH is 1. The van der Waals surface area contributed by atoms with Crippen molar-refractivity contribution >= 4 is 10.0 Å². The minimum Gasteiger partial charge on any atom is -0.396 e. The number of benzene rings is 1. The quantitative estimate of drug-likeness (QED) is 0.763. The Hall–Kier alpha value is -0.950. The first-order valence-corrected chi connectivity index (χ1v) is 7.71. The average Bonchev–Trinajstić information content (AvgIpc) is 2.37. The summed E-state index contributed by atoms with van der Waals surface area (Å²) in [7, 11) is 0.351. The first-order valence-electron chi connectivity index (χ1n) is 6.22. The molecule has 0 saturated carbocycles. The van der Waals surface area contributed by atoms with Crippen molar-refractivity contribution in [3.8, 4) is 0 Å². The molecule has 0 saturated heterocycles. The molecule has 5 nitrogen and oxygen atoms in total.